The van der Waals surface area contributed by atoms with E-state index in [0.717, 1.165) is 18.2 Å². The fourth-order valence-electron chi connectivity index (χ4n) is 2.00. The van der Waals surface area contributed by atoms with E-state index < -0.39 is 10.0 Å². The molecule has 0 atom stereocenters. The van der Waals surface area contributed by atoms with Gasteiger partial charge in [-0.15, -0.1) is 0 Å². The van der Waals surface area contributed by atoms with Gasteiger partial charge >= 0.3 is 0 Å². The van der Waals surface area contributed by atoms with Crippen LogP contribution in [0.1, 0.15) is 18.9 Å². The first-order valence-corrected chi connectivity index (χ1v) is 9.07. The molecule has 0 aliphatic heterocycles. The number of carbonyl (C=O) groups is 1. The molecule has 0 bridgehead atoms. The maximum atomic E-state index is 11.8. The highest BCUT2D eigenvalue weighted by atomic mass is 32.2. The second-order valence-corrected chi connectivity index (χ2v) is 6.99. The fourth-order valence-corrected chi connectivity index (χ4v) is 2.77. The average Bonchev–Trinajstić information content (AvgIpc) is 2.48. The number of nitrogens with one attached hydrogen (secondary N) is 1. The summed E-state index contributed by atoms with van der Waals surface area (Å²) in [5.74, 6) is 0.429. The normalized spacial score (nSPS) is 11.5. The van der Waals surface area contributed by atoms with Crippen molar-refractivity contribution >= 4 is 15.9 Å². The highest BCUT2D eigenvalue weighted by molar-refractivity contribution is 7.88. The molecule has 1 rings (SSSR count). The van der Waals surface area contributed by atoms with Crippen LogP contribution in [0.4, 0.5) is 0 Å². The van der Waals surface area contributed by atoms with Crippen LogP contribution in [0.15, 0.2) is 24.3 Å². The molecule has 124 valence electrons. The fraction of sp³-hybridized carbons (Fsp3) is 0.533. The summed E-state index contributed by atoms with van der Waals surface area (Å²) in [5, 5.41) is 2.69. The number of methoxy groups -OCH3 is 1. The summed E-state index contributed by atoms with van der Waals surface area (Å²) in [6.07, 6.45) is 2.41. The molecule has 0 saturated heterocycles. The van der Waals surface area contributed by atoms with E-state index in [2.05, 4.69) is 5.32 Å². The third kappa shape index (κ3) is 6.03. The molecular formula is C15H24N2O4S. The van der Waals surface area contributed by atoms with Crippen molar-refractivity contribution in [2.24, 2.45) is 0 Å². The predicted molar refractivity (Wildman–Crippen MR) is 86.4 cm³/mol. The molecule has 22 heavy (non-hydrogen) atoms. The van der Waals surface area contributed by atoms with E-state index in [-0.39, 0.29) is 19.0 Å². The summed E-state index contributed by atoms with van der Waals surface area (Å²) in [6, 6.07) is 7.44. The third-order valence-electron chi connectivity index (χ3n) is 3.18. The Balaban J connectivity index is 2.72. The molecular weight excluding hydrogens is 304 g/mol. The number of rotatable bonds is 9. The van der Waals surface area contributed by atoms with Crippen molar-refractivity contribution in [2.75, 3.05) is 33.0 Å². The molecule has 0 fully saturated rings. The van der Waals surface area contributed by atoms with Crippen LogP contribution in [0.2, 0.25) is 0 Å². The minimum Gasteiger partial charge on any atom is -0.496 e. The summed E-state index contributed by atoms with van der Waals surface area (Å²) in [7, 11) is -1.87. The number of carbonyl (C=O) groups excluding carboxylic acids is 1. The van der Waals surface area contributed by atoms with Crippen molar-refractivity contribution < 1.29 is 17.9 Å². The minimum atomic E-state index is -3.44. The van der Waals surface area contributed by atoms with Gasteiger partial charge in [0.2, 0.25) is 15.9 Å². The van der Waals surface area contributed by atoms with Gasteiger partial charge in [-0.3, -0.25) is 4.79 Å². The zero-order valence-electron chi connectivity index (χ0n) is 13.3. The van der Waals surface area contributed by atoms with Crippen molar-refractivity contribution in [1.29, 1.82) is 0 Å². The average molecular weight is 328 g/mol. The highest BCUT2D eigenvalue weighted by Gasteiger charge is 2.20. The molecule has 1 aromatic rings. The second-order valence-electron chi connectivity index (χ2n) is 5.01. The predicted octanol–water partition coefficient (Wildman–Crippen LogP) is 1.03. The van der Waals surface area contributed by atoms with Crippen molar-refractivity contribution in [3.63, 3.8) is 0 Å². The SMILES string of the molecule is CCCNC(=O)CN(CCc1ccccc1OC)S(C)(=O)=O. The van der Waals surface area contributed by atoms with Gasteiger partial charge in [-0.25, -0.2) is 8.42 Å². The molecule has 1 aromatic carbocycles. The Labute approximate surface area is 132 Å². The number of nitrogens with zero attached hydrogens (tertiary/aromatic N) is 1. The molecule has 1 amide bonds. The van der Waals surface area contributed by atoms with E-state index >= 15 is 0 Å². The summed E-state index contributed by atoms with van der Waals surface area (Å²) < 4.78 is 30.1. The Bertz CT molecular complexity index is 587. The Morgan fingerprint density at radius 2 is 2.00 bits per heavy atom. The number of sulfonamides is 1. The Kier molecular flexibility index (Phi) is 7.34. The standard InChI is InChI=1S/C15H24N2O4S/c1-4-10-16-15(18)12-17(22(3,19)20)11-9-13-7-5-6-8-14(13)21-2/h5-8H,4,9-12H2,1-3H3,(H,16,18). The van der Waals surface area contributed by atoms with Gasteiger partial charge in [-0.2, -0.15) is 4.31 Å². The smallest absolute Gasteiger partial charge is 0.235 e. The molecule has 0 unspecified atom stereocenters. The first kappa shape index (κ1) is 18.4. The van der Waals surface area contributed by atoms with Crippen LogP contribution in [-0.2, 0) is 21.2 Å². The molecule has 7 heteroatoms. The van der Waals surface area contributed by atoms with Crippen LogP contribution < -0.4 is 10.1 Å². The van der Waals surface area contributed by atoms with Crippen LogP contribution >= 0.6 is 0 Å². The van der Waals surface area contributed by atoms with Gasteiger partial charge in [0.1, 0.15) is 5.75 Å². The van der Waals surface area contributed by atoms with E-state index in [1.807, 2.05) is 31.2 Å². The van der Waals surface area contributed by atoms with Crippen LogP contribution in [0.25, 0.3) is 0 Å². The van der Waals surface area contributed by atoms with Gasteiger partial charge in [0, 0.05) is 13.1 Å². The first-order valence-electron chi connectivity index (χ1n) is 7.22. The monoisotopic (exact) mass is 328 g/mol. The third-order valence-corrected chi connectivity index (χ3v) is 4.43. The van der Waals surface area contributed by atoms with Gasteiger partial charge in [0.05, 0.1) is 19.9 Å². The van der Waals surface area contributed by atoms with Gasteiger partial charge < -0.3 is 10.1 Å². The topological polar surface area (TPSA) is 75.7 Å². The highest BCUT2D eigenvalue weighted by Crippen LogP contribution is 2.18. The largest absolute Gasteiger partial charge is 0.496 e. The molecule has 1 N–H and O–H groups in total. The summed E-state index contributed by atoms with van der Waals surface area (Å²) in [6.45, 7) is 2.56. The van der Waals surface area contributed by atoms with Crippen molar-refractivity contribution in [3.05, 3.63) is 29.8 Å². The lowest BCUT2D eigenvalue weighted by Crippen LogP contribution is -2.41. The minimum absolute atomic E-state index is 0.159. The van der Waals surface area contributed by atoms with E-state index in [1.54, 1.807) is 7.11 Å². The van der Waals surface area contributed by atoms with Gasteiger partial charge in [-0.05, 0) is 24.5 Å². The molecule has 0 saturated carbocycles. The van der Waals surface area contributed by atoms with Crippen LogP contribution in [0, 0.1) is 0 Å². The lowest BCUT2D eigenvalue weighted by atomic mass is 10.1. The maximum Gasteiger partial charge on any atom is 0.235 e. The number of para-hydroxylation sites is 1. The Morgan fingerprint density at radius 3 is 2.59 bits per heavy atom. The van der Waals surface area contributed by atoms with Crippen LogP contribution in [0.5, 0.6) is 5.75 Å². The molecule has 0 spiro atoms. The van der Waals surface area contributed by atoms with Gasteiger partial charge in [0.25, 0.3) is 0 Å². The zero-order chi connectivity index (χ0) is 16.6. The lowest BCUT2D eigenvalue weighted by Gasteiger charge is -2.20. The first-order chi connectivity index (χ1) is 10.4. The molecule has 0 heterocycles. The van der Waals surface area contributed by atoms with E-state index in [4.69, 9.17) is 4.74 Å². The van der Waals surface area contributed by atoms with E-state index in [9.17, 15) is 13.2 Å². The quantitative estimate of drug-likeness (QED) is 0.734. The van der Waals surface area contributed by atoms with Crippen molar-refractivity contribution in [3.8, 4) is 5.75 Å². The summed E-state index contributed by atoms with van der Waals surface area (Å²) >= 11 is 0. The number of benzene rings is 1. The molecule has 0 aliphatic carbocycles. The zero-order valence-corrected chi connectivity index (χ0v) is 14.1. The summed E-state index contributed by atoms with van der Waals surface area (Å²) in [4.78, 5) is 11.8. The maximum absolute atomic E-state index is 11.8. The van der Waals surface area contributed by atoms with Crippen LogP contribution in [0.3, 0.4) is 0 Å². The Morgan fingerprint density at radius 1 is 1.32 bits per heavy atom. The Hall–Kier alpha value is -1.60. The number of hydrogen-bond acceptors (Lipinski definition) is 4. The van der Waals surface area contributed by atoms with Gasteiger partial charge in [-0.1, -0.05) is 25.1 Å². The number of amides is 1. The van der Waals surface area contributed by atoms with Crippen molar-refractivity contribution in [2.45, 2.75) is 19.8 Å². The van der Waals surface area contributed by atoms with Crippen LogP contribution in [-0.4, -0.2) is 51.6 Å². The van der Waals surface area contributed by atoms with E-state index in [1.165, 1.54) is 4.31 Å². The van der Waals surface area contributed by atoms with Gasteiger partial charge in [0.15, 0.2) is 0 Å². The molecule has 0 radical (unpaired) electrons. The van der Waals surface area contributed by atoms with Crippen molar-refractivity contribution in [1.82, 2.24) is 9.62 Å². The molecule has 0 aromatic heterocycles. The summed E-state index contributed by atoms with van der Waals surface area (Å²) in [5.41, 5.74) is 0.910. The number of hydrogen-bond donors (Lipinski definition) is 1. The number of ether oxygens (including phenoxy) is 1. The van der Waals surface area contributed by atoms with E-state index in [0.29, 0.717) is 18.7 Å². The molecule has 6 nitrogen and oxygen atoms in total. The lowest BCUT2D eigenvalue weighted by molar-refractivity contribution is -0.121. The second kappa shape index (κ2) is 8.75. The molecule has 0 aliphatic rings.